The third-order valence-corrected chi connectivity index (χ3v) is 9.04. The van der Waals surface area contributed by atoms with Crippen molar-refractivity contribution in [3.8, 4) is 0 Å². The van der Waals surface area contributed by atoms with Crippen LogP contribution in [-0.2, 0) is 26.2 Å². The fourth-order valence-electron chi connectivity index (χ4n) is 3.96. The van der Waals surface area contributed by atoms with E-state index in [1.165, 1.54) is 29.2 Å². The van der Waals surface area contributed by atoms with Gasteiger partial charge in [-0.3, -0.25) is 13.9 Å². The smallest absolute Gasteiger partial charge is 0.264 e. The van der Waals surface area contributed by atoms with Crippen molar-refractivity contribution in [3.05, 3.63) is 92.4 Å². The van der Waals surface area contributed by atoms with Gasteiger partial charge >= 0.3 is 0 Å². The molecule has 3 aromatic rings. The Bertz CT molecular complexity index is 1490. The average Bonchev–Trinajstić information content (AvgIpc) is 2.87. The van der Waals surface area contributed by atoms with Crippen molar-refractivity contribution in [3.63, 3.8) is 0 Å². The second kappa shape index (κ2) is 13.3. The van der Waals surface area contributed by atoms with Gasteiger partial charge in [0.05, 0.1) is 10.6 Å². The zero-order chi connectivity index (χ0) is 29.8. The van der Waals surface area contributed by atoms with Gasteiger partial charge in [0.15, 0.2) is 0 Å². The zero-order valence-corrected chi connectivity index (χ0v) is 26.0. The summed E-state index contributed by atoms with van der Waals surface area (Å²) in [4.78, 5) is 28.3. The van der Waals surface area contributed by atoms with E-state index in [2.05, 4.69) is 5.32 Å². The largest absolute Gasteiger partial charge is 0.352 e. The first-order valence-corrected chi connectivity index (χ1v) is 15.2. The van der Waals surface area contributed by atoms with Crippen molar-refractivity contribution in [2.24, 2.45) is 0 Å². The molecule has 7 nitrogen and oxygen atoms in total. The molecule has 0 unspecified atom stereocenters. The van der Waals surface area contributed by atoms with Gasteiger partial charge in [-0.05, 0) is 99.8 Å². The Morgan fingerprint density at radius 1 is 0.850 bits per heavy atom. The Balaban J connectivity index is 2.08. The van der Waals surface area contributed by atoms with Crippen LogP contribution in [0.1, 0.15) is 37.5 Å². The number of carbonyl (C=O) groups excluding carboxylic acids is 2. The van der Waals surface area contributed by atoms with Gasteiger partial charge in [-0.2, -0.15) is 0 Å². The fraction of sp³-hybridized carbons (Fsp3) is 0.310. The number of rotatable bonds is 10. The van der Waals surface area contributed by atoms with Crippen LogP contribution in [0.2, 0.25) is 15.1 Å². The topological polar surface area (TPSA) is 86.8 Å². The molecule has 0 bridgehead atoms. The molecule has 11 heteroatoms. The second-order valence-electron chi connectivity index (χ2n) is 9.83. The van der Waals surface area contributed by atoms with Crippen molar-refractivity contribution in [2.45, 2.75) is 58.1 Å². The zero-order valence-electron chi connectivity index (χ0n) is 22.9. The first kappa shape index (κ1) is 31.7. The molecule has 0 spiro atoms. The number of hydrogen-bond acceptors (Lipinski definition) is 4. The molecule has 1 atom stereocenters. The molecule has 0 heterocycles. The van der Waals surface area contributed by atoms with Crippen molar-refractivity contribution in [1.29, 1.82) is 0 Å². The quantitative estimate of drug-likeness (QED) is 0.283. The van der Waals surface area contributed by atoms with E-state index in [1.54, 1.807) is 43.3 Å². The van der Waals surface area contributed by atoms with Crippen LogP contribution in [0.3, 0.4) is 0 Å². The molecule has 0 fully saturated rings. The molecule has 2 amide bonds. The first-order valence-electron chi connectivity index (χ1n) is 12.6. The van der Waals surface area contributed by atoms with Gasteiger partial charge < -0.3 is 10.2 Å². The van der Waals surface area contributed by atoms with E-state index in [0.29, 0.717) is 26.3 Å². The molecule has 40 heavy (non-hydrogen) atoms. The number of hydrogen-bond donors (Lipinski definition) is 1. The molecule has 3 aromatic carbocycles. The molecule has 214 valence electrons. The minimum Gasteiger partial charge on any atom is -0.352 e. The monoisotopic (exact) mass is 623 g/mol. The molecule has 0 saturated carbocycles. The van der Waals surface area contributed by atoms with Crippen molar-refractivity contribution in [2.75, 3.05) is 10.8 Å². The molecule has 0 aliphatic heterocycles. The van der Waals surface area contributed by atoms with E-state index in [9.17, 15) is 18.0 Å². The predicted octanol–water partition coefficient (Wildman–Crippen LogP) is 6.40. The molecule has 0 aliphatic carbocycles. The summed E-state index contributed by atoms with van der Waals surface area (Å²) in [6.45, 7) is 8.39. The second-order valence-corrected chi connectivity index (χ2v) is 13.0. The Labute approximate surface area is 251 Å². The van der Waals surface area contributed by atoms with Crippen LogP contribution >= 0.6 is 34.8 Å². The lowest BCUT2D eigenvalue weighted by Gasteiger charge is -2.32. The standard InChI is InChI=1S/C29H32Cl3N3O4S/c1-18(2)33-29(37)21(5)34(16-22-7-8-24(31)15-27(22)32)28(36)17-35(25-11-6-19(3)20(4)14-25)40(38,39)26-12-9-23(30)10-13-26/h6-15,18,21H,16-17H2,1-5H3,(H,33,37)/t21-/m0/s1. The summed E-state index contributed by atoms with van der Waals surface area (Å²) in [5.74, 6) is -0.972. The maximum atomic E-state index is 14.0. The third-order valence-electron chi connectivity index (χ3n) is 6.41. The number of aryl methyl sites for hydroxylation is 2. The maximum absolute atomic E-state index is 14.0. The van der Waals surface area contributed by atoms with Gasteiger partial charge in [0.1, 0.15) is 12.6 Å². The lowest BCUT2D eigenvalue weighted by molar-refractivity contribution is -0.139. The first-order chi connectivity index (χ1) is 18.7. The van der Waals surface area contributed by atoms with Gasteiger partial charge in [-0.1, -0.05) is 46.9 Å². The van der Waals surface area contributed by atoms with Gasteiger partial charge in [0, 0.05) is 27.7 Å². The molecule has 1 N–H and O–H groups in total. The molecule has 3 rings (SSSR count). The van der Waals surface area contributed by atoms with Crippen LogP contribution in [-0.4, -0.2) is 43.8 Å². The molecule has 0 saturated heterocycles. The highest BCUT2D eigenvalue weighted by atomic mass is 35.5. The van der Waals surface area contributed by atoms with E-state index in [0.717, 1.165) is 15.4 Å². The summed E-state index contributed by atoms with van der Waals surface area (Å²) in [5, 5.41) is 3.94. The number of anilines is 1. The number of carbonyl (C=O) groups is 2. The van der Waals surface area contributed by atoms with Crippen molar-refractivity contribution in [1.82, 2.24) is 10.2 Å². The number of nitrogens with one attached hydrogen (secondary N) is 1. The van der Waals surface area contributed by atoms with Crippen LogP contribution in [0, 0.1) is 13.8 Å². The van der Waals surface area contributed by atoms with E-state index in [4.69, 9.17) is 34.8 Å². The molecule has 0 aliphatic rings. The van der Waals surface area contributed by atoms with Crippen LogP contribution in [0.4, 0.5) is 5.69 Å². The molecule has 0 radical (unpaired) electrons. The molecular formula is C29H32Cl3N3O4S. The summed E-state index contributed by atoms with van der Waals surface area (Å²) in [7, 11) is -4.20. The summed E-state index contributed by atoms with van der Waals surface area (Å²) in [6.07, 6.45) is 0. The van der Waals surface area contributed by atoms with Gasteiger partial charge in [-0.25, -0.2) is 8.42 Å². The van der Waals surface area contributed by atoms with E-state index in [-0.39, 0.29) is 23.4 Å². The van der Waals surface area contributed by atoms with Crippen molar-refractivity contribution >= 4 is 62.3 Å². The number of sulfonamides is 1. The Morgan fingerprint density at radius 3 is 2.05 bits per heavy atom. The maximum Gasteiger partial charge on any atom is 0.264 e. The minimum atomic E-state index is -4.20. The van der Waals surface area contributed by atoms with Gasteiger partial charge in [0.25, 0.3) is 10.0 Å². The summed E-state index contributed by atoms with van der Waals surface area (Å²) in [5.41, 5.74) is 2.70. The van der Waals surface area contributed by atoms with Crippen LogP contribution in [0.25, 0.3) is 0 Å². The van der Waals surface area contributed by atoms with Gasteiger partial charge in [-0.15, -0.1) is 0 Å². The summed E-state index contributed by atoms with van der Waals surface area (Å²) < 4.78 is 28.8. The number of halogens is 3. The Hall–Kier alpha value is -2.78. The number of benzene rings is 3. The lowest BCUT2D eigenvalue weighted by Crippen LogP contribution is -2.52. The lowest BCUT2D eigenvalue weighted by atomic mass is 10.1. The molecular weight excluding hydrogens is 593 g/mol. The predicted molar refractivity (Wildman–Crippen MR) is 162 cm³/mol. The van der Waals surface area contributed by atoms with E-state index < -0.39 is 28.5 Å². The number of nitrogens with zero attached hydrogens (tertiary/aromatic N) is 2. The average molecular weight is 625 g/mol. The summed E-state index contributed by atoms with van der Waals surface area (Å²) in [6, 6.07) is 14.6. The van der Waals surface area contributed by atoms with Crippen LogP contribution in [0.5, 0.6) is 0 Å². The summed E-state index contributed by atoms with van der Waals surface area (Å²) >= 11 is 18.5. The van der Waals surface area contributed by atoms with E-state index >= 15 is 0 Å². The highest BCUT2D eigenvalue weighted by Gasteiger charge is 2.33. The molecule has 0 aromatic heterocycles. The van der Waals surface area contributed by atoms with Gasteiger partial charge in [0.2, 0.25) is 11.8 Å². The van der Waals surface area contributed by atoms with E-state index in [1.807, 2.05) is 27.7 Å². The minimum absolute atomic E-state index is 0.0270. The SMILES string of the molecule is Cc1ccc(N(CC(=O)N(Cc2ccc(Cl)cc2Cl)[C@@H](C)C(=O)NC(C)C)S(=O)(=O)c2ccc(Cl)cc2)cc1C. The number of amides is 2. The third kappa shape index (κ3) is 7.69. The van der Waals surface area contributed by atoms with Crippen LogP contribution in [0.15, 0.2) is 65.6 Å². The Kier molecular flexibility index (Phi) is 10.5. The highest BCUT2D eigenvalue weighted by molar-refractivity contribution is 7.92. The highest BCUT2D eigenvalue weighted by Crippen LogP contribution is 2.28. The van der Waals surface area contributed by atoms with Crippen molar-refractivity contribution < 1.29 is 18.0 Å². The normalized spacial score (nSPS) is 12.2. The fourth-order valence-corrected chi connectivity index (χ4v) is 5.96. The Morgan fingerprint density at radius 2 is 1.48 bits per heavy atom. The van der Waals surface area contributed by atoms with Crippen LogP contribution < -0.4 is 9.62 Å².